The van der Waals surface area contributed by atoms with E-state index in [9.17, 15) is 18.0 Å². The molecule has 2 N–H and O–H groups in total. The van der Waals surface area contributed by atoms with E-state index < -0.39 is 11.7 Å². The van der Waals surface area contributed by atoms with E-state index in [1.165, 1.54) is 11.0 Å². The lowest BCUT2D eigenvalue weighted by atomic mass is 10.2. The van der Waals surface area contributed by atoms with Gasteiger partial charge >= 0.3 is 6.18 Å². The fourth-order valence-corrected chi connectivity index (χ4v) is 1.99. The highest BCUT2D eigenvalue weighted by molar-refractivity contribution is 6.30. The summed E-state index contributed by atoms with van der Waals surface area (Å²) in [6.07, 6.45) is -3.54. The van der Waals surface area contributed by atoms with Gasteiger partial charge in [-0.2, -0.15) is 13.2 Å². The average Bonchev–Trinajstić information content (AvgIpc) is 2.49. The molecular weight excluding hydrogens is 331 g/mol. The van der Waals surface area contributed by atoms with Crippen LogP contribution in [0.25, 0.3) is 0 Å². The van der Waals surface area contributed by atoms with Gasteiger partial charge in [0.25, 0.3) is 11.7 Å². The number of likely N-dealkylation sites (N-methyl/N-ethyl adjacent to an activating group) is 1. The second-order valence-corrected chi connectivity index (χ2v) is 5.31. The van der Waals surface area contributed by atoms with Gasteiger partial charge < -0.3 is 5.32 Å². The summed E-state index contributed by atoms with van der Waals surface area (Å²) in [4.78, 5) is 16.0. The molecule has 23 heavy (non-hydrogen) atoms. The zero-order chi connectivity index (χ0) is 17.0. The predicted molar refractivity (Wildman–Crippen MR) is 81.4 cm³/mol. The Labute approximate surface area is 135 Å². The summed E-state index contributed by atoms with van der Waals surface area (Å²) >= 11 is 5.75. The second-order valence-electron chi connectivity index (χ2n) is 4.87. The Kier molecular flexibility index (Phi) is 5.10. The van der Waals surface area contributed by atoms with E-state index in [2.05, 4.69) is 10.3 Å². The van der Waals surface area contributed by atoms with Crippen LogP contribution < -0.4 is 15.2 Å². The second kappa shape index (κ2) is 6.87. The number of aromatic nitrogens is 1. The molecule has 0 atom stereocenters. The Bertz CT molecular complexity index is 672. The van der Waals surface area contributed by atoms with Crippen molar-refractivity contribution in [2.24, 2.45) is 0 Å². The van der Waals surface area contributed by atoms with Crippen LogP contribution >= 0.6 is 11.6 Å². The summed E-state index contributed by atoms with van der Waals surface area (Å²) < 4.78 is 37.5. The van der Waals surface area contributed by atoms with Crippen LogP contribution in [-0.4, -0.2) is 19.5 Å². The van der Waals surface area contributed by atoms with Crippen molar-refractivity contribution in [3.05, 3.63) is 53.2 Å². The zero-order valence-corrected chi connectivity index (χ0v) is 12.9. The quantitative estimate of drug-likeness (QED) is 0.925. The standard InChI is InChI=1S/C15H13ClF3N3O/c1-22(13-7-2-10(8-20-13)15(17,18)19)9-14(23)21-12-5-3-11(16)4-6-12/h2-8H,9H2,1H3,(H,21,23)/p+1. The number of pyridine rings is 1. The van der Waals surface area contributed by atoms with Crippen LogP contribution in [0.2, 0.25) is 5.02 Å². The van der Waals surface area contributed by atoms with Crippen molar-refractivity contribution in [2.45, 2.75) is 6.18 Å². The summed E-state index contributed by atoms with van der Waals surface area (Å²) in [5, 5.41) is 3.23. The fourth-order valence-electron chi connectivity index (χ4n) is 1.86. The van der Waals surface area contributed by atoms with E-state index in [4.69, 9.17) is 11.6 Å². The van der Waals surface area contributed by atoms with E-state index in [0.717, 1.165) is 12.3 Å². The highest BCUT2D eigenvalue weighted by Crippen LogP contribution is 2.28. The van der Waals surface area contributed by atoms with Crippen molar-refractivity contribution in [3.8, 4) is 0 Å². The van der Waals surface area contributed by atoms with Crippen LogP contribution in [0.3, 0.4) is 0 Å². The fraction of sp³-hybridized carbons (Fsp3) is 0.200. The molecule has 0 spiro atoms. The molecule has 2 aromatic rings. The van der Waals surface area contributed by atoms with Crippen molar-refractivity contribution in [3.63, 3.8) is 0 Å². The lowest BCUT2D eigenvalue weighted by Crippen LogP contribution is -2.33. The van der Waals surface area contributed by atoms with Gasteiger partial charge in [0, 0.05) is 16.8 Å². The number of alkyl halides is 3. The number of hydrogen-bond acceptors (Lipinski definition) is 2. The number of amides is 1. The smallest absolute Gasteiger partial charge is 0.323 e. The SMILES string of the molecule is CN(CC(=O)Nc1ccc(Cl)cc1)c1ccc(C(F)(F)F)c[nH+]1. The molecule has 1 aromatic carbocycles. The van der Waals surface area contributed by atoms with Gasteiger partial charge in [-0.3, -0.25) is 9.69 Å². The Morgan fingerprint density at radius 3 is 2.39 bits per heavy atom. The van der Waals surface area contributed by atoms with Crippen LogP contribution in [0, 0.1) is 0 Å². The molecule has 122 valence electrons. The third-order valence-electron chi connectivity index (χ3n) is 3.04. The third kappa shape index (κ3) is 4.85. The molecule has 0 aliphatic carbocycles. The first-order chi connectivity index (χ1) is 10.8. The monoisotopic (exact) mass is 344 g/mol. The molecule has 0 bridgehead atoms. The van der Waals surface area contributed by atoms with Gasteiger partial charge in [0.1, 0.15) is 6.20 Å². The summed E-state index contributed by atoms with van der Waals surface area (Å²) in [7, 11) is 1.60. The molecule has 0 aliphatic heterocycles. The number of nitrogens with one attached hydrogen (secondary N) is 2. The number of carbonyl (C=O) groups is 1. The first-order valence-corrected chi connectivity index (χ1v) is 6.99. The first-order valence-electron chi connectivity index (χ1n) is 6.61. The molecule has 2 rings (SSSR count). The molecular formula is C15H14ClF3N3O+. The minimum atomic E-state index is -4.40. The summed E-state index contributed by atoms with van der Waals surface area (Å²) in [6, 6.07) is 8.84. The molecule has 8 heteroatoms. The van der Waals surface area contributed by atoms with Gasteiger partial charge in [-0.25, -0.2) is 4.98 Å². The average molecular weight is 345 g/mol. The zero-order valence-electron chi connectivity index (χ0n) is 12.1. The third-order valence-corrected chi connectivity index (χ3v) is 3.30. The van der Waals surface area contributed by atoms with Crippen LogP contribution in [0.4, 0.5) is 24.7 Å². The number of rotatable bonds is 4. The lowest BCUT2D eigenvalue weighted by Gasteiger charge is -2.12. The molecule has 1 heterocycles. The maximum absolute atomic E-state index is 12.5. The number of aromatic amines is 1. The highest BCUT2D eigenvalue weighted by atomic mass is 35.5. The van der Waals surface area contributed by atoms with E-state index >= 15 is 0 Å². The van der Waals surface area contributed by atoms with Crippen molar-refractivity contribution in [1.82, 2.24) is 0 Å². The molecule has 0 fully saturated rings. The Balaban J connectivity index is 1.96. The van der Waals surface area contributed by atoms with Crippen molar-refractivity contribution >= 4 is 29.0 Å². The number of nitrogens with zero attached hydrogens (tertiary/aromatic N) is 1. The molecule has 4 nitrogen and oxygen atoms in total. The number of H-pyrrole nitrogens is 1. The summed E-state index contributed by atoms with van der Waals surface area (Å²) in [5.74, 6) is 0.0902. The highest BCUT2D eigenvalue weighted by Gasteiger charge is 2.32. The topological polar surface area (TPSA) is 46.5 Å². The minimum Gasteiger partial charge on any atom is -0.323 e. The number of halogens is 4. The van der Waals surface area contributed by atoms with E-state index in [-0.39, 0.29) is 12.5 Å². The Hall–Kier alpha value is -2.28. The van der Waals surface area contributed by atoms with Crippen molar-refractivity contribution < 1.29 is 22.9 Å². The predicted octanol–water partition coefficient (Wildman–Crippen LogP) is 3.25. The summed E-state index contributed by atoms with van der Waals surface area (Å²) in [5.41, 5.74) is -0.190. The largest absolute Gasteiger partial charge is 0.419 e. The van der Waals surface area contributed by atoms with Gasteiger partial charge in [-0.05, 0) is 30.3 Å². The molecule has 0 saturated carbocycles. The molecule has 0 aliphatic rings. The lowest BCUT2D eigenvalue weighted by molar-refractivity contribution is -0.367. The Morgan fingerprint density at radius 2 is 1.87 bits per heavy atom. The summed E-state index contributed by atoms with van der Waals surface area (Å²) in [6.45, 7) is -0.0233. The molecule has 0 radical (unpaired) electrons. The number of anilines is 2. The van der Waals surface area contributed by atoms with Gasteiger partial charge in [-0.15, -0.1) is 0 Å². The van der Waals surface area contributed by atoms with E-state index in [1.807, 2.05) is 0 Å². The van der Waals surface area contributed by atoms with Crippen LogP contribution in [0.5, 0.6) is 0 Å². The maximum atomic E-state index is 12.5. The van der Waals surface area contributed by atoms with E-state index in [1.54, 1.807) is 31.3 Å². The normalized spacial score (nSPS) is 11.2. The van der Waals surface area contributed by atoms with Gasteiger partial charge in [0.15, 0.2) is 6.54 Å². The molecule has 1 amide bonds. The molecule has 1 aromatic heterocycles. The maximum Gasteiger partial charge on any atom is 0.419 e. The number of hydrogen-bond donors (Lipinski definition) is 1. The molecule has 0 saturated heterocycles. The van der Waals surface area contributed by atoms with Crippen molar-refractivity contribution in [1.29, 1.82) is 0 Å². The van der Waals surface area contributed by atoms with E-state index in [0.29, 0.717) is 16.5 Å². The van der Waals surface area contributed by atoms with Crippen LogP contribution in [0.1, 0.15) is 5.56 Å². The number of carbonyl (C=O) groups excluding carboxylic acids is 1. The molecule has 0 unspecified atom stereocenters. The number of benzene rings is 1. The van der Waals surface area contributed by atoms with Crippen LogP contribution in [-0.2, 0) is 11.0 Å². The van der Waals surface area contributed by atoms with Gasteiger partial charge in [0.2, 0.25) is 0 Å². The van der Waals surface area contributed by atoms with Crippen LogP contribution in [0.15, 0.2) is 42.6 Å². The first kappa shape index (κ1) is 17.1. The van der Waals surface area contributed by atoms with Gasteiger partial charge in [-0.1, -0.05) is 11.6 Å². The van der Waals surface area contributed by atoms with Gasteiger partial charge in [0.05, 0.1) is 12.6 Å². The minimum absolute atomic E-state index is 0.0233. The Morgan fingerprint density at radius 1 is 1.22 bits per heavy atom. The van der Waals surface area contributed by atoms with Crippen molar-refractivity contribution in [2.75, 3.05) is 23.8 Å².